The van der Waals surface area contributed by atoms with Gasteiger partial charge in [-0.3, -0.25) is 28.8 Å². The Bertz CT molecular complexity index is 1300. The molecule has 4 amide bonds. The minimum absolute atomic E-state index is 0.0302. The number of hydrogen-bond donors (Lipinski definition) is 3. The second-order valence-electron chi connectivity index (χ2n) is 12.5. The molecule has 3 heterocycles. The zero-order chi connectivity index (χ0) is 31.1. The van der Waals surface area contributed by atoms with Crippen LogP contribution in [0.4, 0.5) is 5.69 Å². The lowest BCUT2D eigenvalue weighted by atomic mass is 9.83. The largest absolute Gasteiger partial charge is 0.344 e. The Hall–Kier alpha value is -3.73. The maximum absolute atomic E-state index is 13.7. The highest BCUT2D eigenvalue weighted by Gasteiger charge is 2.34. The third kappa shape index (κ3) is 7.85. The van der Waals surface area contributed by atoms with Gasteiger partial charge in [0.1, 0.15) is 17.8 Å². The van der Waals surface area contributed by atoms with Crippen LogP contribution in [0, 0.1) is 5.92 Å². The number of benzene rings is 1. The summed E-state index contributed by atoms with van der Waals surface area (Å²) >= 11 is 0. The monoisotopic (exact) mass is 605 g/mol. The van der Waals surface area contributed by atoms with Crippen molar-refractivity contribution in [3.05, 3.63) is 47.8 Å². The van der Waals surface area contributed by atoms with Gasteiger partial charge >= 0.3 is 0 Å². The van der Waals surface area contributed by atoms with Gasteiger partial charge in [0.15, 0.2) is 0 Å². The molecule has 11 heteroatoms. The number of rotatable bonds is 10. The van der Waals surface area contributed by atoms with Crippen LogP contribution >= 0.6 is 0 Å². The summed E-state index contributed by atoms with van der Waals surface area (Å²) in [6.45, 7) is 5.32. The summed E-state index contributed by atoms with van der Waals surface area (Å²) in [5, 5.41) is 13.0. The highest BCUT2D eigenvalue weighted by atomic mass is 16.2. The zero-order valence-corrected chi connectivity index (χ0v) is 26.1. The summed E-state index contributed by atoms with van der Waals surface area (Å²) in [6, 6.07) is 8.15. The molecular formula is C33H47N7O4. The Morgan fingerprint density at radius 3 is 2.36 bits per heavy atom. The Balaban J connectivity index is 1.25. The van der Waals surface area contributed by atoms with Crippen molar-refractivity contribution in [2.24, 2.45) is 13.0 Å². The van der Waals surface area contributed by atoms with Crippen LogP contribution < -0.4 is 16.0 Å². The van der Waals surface area contributed by atoms with Crippen molar-refractivity contribution in [1.82, 2.24) is 30.2 Å². The fourth-order valence-corrected chi connectivity index (χ4v) is 6.98. The highest BCUT2D eigenvalue weighted by molar-refractivity contribution is 6.00. The third-order valence-electron chi connectivity index (χ3n) is 9.47. The molecule has 5 rings (SSSR count). The normalized spacial score (nSPS) is 20.7. The maximum Gasteiger partial charge on any atom is 0.270 e. The summed E-state index contributed by atoms with van der Waals surface area (Å²) < 4.78 is 1.50. The molecule has 3 fully saturated rings. The van der Waals surface area contributed by atoms with Gasteiger partial charge in [-0.2, -0.15) is 5.10 Å². The number of nitrogens with zero attached hydrogens (tertiary/aromatic N) is 4. The molecule has 2 aromatic rings. The molecule has 0 bridgehead atoms. The molecule has 2 aliphatic heterocycles. The number of nitrogens with one attached hydrogen (secondary N) is 3. The summed E-state index contributed by atoms with van der Waals surface area (Å²) in [5.41, 5.74) is 1.91. The average molecular weight is 606 g/mol. The molecule has 11 nitrogen and oxygen atoms in total. The van der Waals surface area contributed by atoms with Crippen LogP contribution in [-0.2, 0) is 27.9 Å². The lowest BCUT2D eigenvalue weighted by Gasteiger charge is -2.30. The first kappa shape index (κ1) is 31.7. The van der Waals surface area contributed by atoms with E-state index in [1.807, 2.05) is 29.2 Å². The lowest BCUT2D eigenvalue weighted by Crippen LogP contribution is -2.51. The van der Waals surface area contributed by atoms with Gasteiger partial charge in [0, 0.05) is 57.4 Å². The first-order chi connectivity index (χ1) is 21.3. The predicted octanol–water partition coefficient (Wildman–Crippen LogP) is 2.87. The summed E-state index contributed by atoms with van der Waals surface area (Å²) in [6.07, 6.45) is 10.5. The van der Waals surface area contributed by atoms with E-state index in [0.29, 0.717) is 43.4 Å². The highest BCUT2D eigenvalue weighted by Crippen LogP contribution is 2.28. The zero-order valence-electron chi connectivity index (χ0n) is 26.1. The Morgan fingerprint density at radius 2 is 1.66 bits per heavy atom. The number of carbonyl (C=O) groups excluding carboxylic acids is 4. The molecule has 1 aromatic heterocycles. The quantitative estimate of drug-likeness (QED) is 0.382. The fourth-order valence-electron chi connectivity index (χ4n) is 6.98. The van der Waals surface area contributed by atoms with Crippen molar-refractivity contribution >= 4 is 29.3 Å². The Labute approximate surface area is 260 Å². The number of hydrogen-bond acceptors (Lipinski definition) is 6. The van der Waals surface area contributed by atoms with Crippen LogP contribution in [0.25, 0.3) is 0 Å². The summed E-state index contributed by atoms with van der Waals surface area (Å²) in [5.74, 6) is -0.681. The van der Waals surface area contributed by atoms with Gasteiger partial charge in [0.2, 0.25) is 17.7 Å². The van der Waals surface area contributed by atoms with E-state index in [-0.39, 0.29) is 29.5 Å². The minimum Gasteiger partial charge on any atom is -0.344 e. The summed E-state index contributed by atoms with van der Waals surface area (Å²) in [7, 11) is 1.70. The van der Waals surface area contributed by atoms with Crippen molar-refractivity contribution in [2.45, 2.75) is 89.3 Å². The second kappa shape index (κ2) is 14.8. The van der Waals surface area contributed by atoms with E-state index >= 15 is 0 Å². The summed E-state index contributed by atoms with van der Waals surface area (Å²) in [4.78, 5) is 57.1. The van der Waals surface area contributed by atoms with Gasteiger partial charge in [-0.15, -0.1) is 0 Å². The smallest absolute Gasteiger partial charge is 0.270 e. The van der Waals surface area contributed by atoms with Crippen LogP contribution in [0.3, 0.4) is 0 Å². The van der Waals surface area contributed by atoms with Gasteiger partial charge < -0.3 is 20.9 Å². The van der Waals surface area contributed by atoms with E-state index in [1.54, 1.807) is 26.2 Å². The van der Waals surface area contributed by atoms with Crippen LogP contribution in [0.15, 0.2) is 36.5 Å². The maximum atomic E-state index is 13.7. The van der Waals surface area contributed by atoms with Crippen LogP contribution in [0.1, 0.15) is 80.8 Å². The molecular weight excluding hydrogens is 558 g/mol. The van der Waals surface area contributed by atoms with E-state index in [2.05, 4.69) is 25.9 Å². The molecule has 1 saturated carbocycles. The molecule has 238 valence electrons. The number of aromatic nitrogens is 2. The van der Waals surface area contributed by atoms with Gasteiger partial charge in [-0.25, -0.2) is 0 Å². The molecule has 0 spiro atoms. The number of fused-ring (bicyclic) bond motifs is 1. The molecule has 3 aliphatic rings. The second-order valence-corrected chi connectivity index (χ2v) is 12.5. The van der Waals surface area contributed by atoms with Crippen molar-refractivity contribution in [3.8, 4) is 0 Å². The molecule has 1 unspecified atom stereocenters. The van der Waals surface area contributed by atoms with E-state index in [1.165, 1.54) is 11.1 Å². The van der Waals surface area contributed by atoms with E-state index in [0.717, 1.165) is 63.6 Å². The lowest BCUT2D eigenvalue weighted by molar-refractivity contribution is -0.136. The van der Waals surface area contributed by atoms with Gasteiger partial charge in [-0.05, 0) is 68.3 Å². The number of aryl methyl sites for hydroxylation is 1. The molecule has 44 heavy (non-hydrogen) atoms. The van der Waals surface area contributed by atoms with Crippen molar-refractivity contribution < 1.29 is 19.2 Å². The topological polar surface area (TPSA) is 129 Å². The fraction of sp³-hybridized carbons (Fsp3) is 0.606. The standard InChI is InChI=1S/C33H47N7O4/c1-3-29(41)36-27(33(44)40-20-8-19-39-18-7-11-26(39)22-40)21-23-12-14-25(15-13-23)35-32(43)30(24-9-5-4-6-10-24)37-31(42)28-16-17-34-38(28)2/h12-17,24,26-27,30H,3-11,18-22H2,1-2H3,(H,35,43)(H,36,41)(H,37,42)/t26?,27-,30+/m1/s1. The molecule has 1 aliphatic carbocycles. The van der Waals surface area contributed by atoms with E-state index in [4.69, 9.17) is 0 Å². The van der Waals surface area contributed by atoms with Gasteiger partial charge in [-0.1, -0.05) is 38.3 Å². The first-order valence-electron chi connectivity index (χ1n) is 16.3. The predicted molar refractivity (Wildman–Crippen MR) is 168 cm³/mol. The number of anilines is 1. The number of amides is 4. The molecule has 3 N–H and O–H groups in total. The molecule has 0 radical (unpaired) electrons. The van der Waals surface area contributed by atoms with E-state index in [9.17, 15) is 19.2 Å². The molecule has 2 saturated heterocycles. The van der Waals surface area contributed by atoms with Crippen molar-refractivity contribution in [2.75, 3.05) is 31.5 Å². The SMILES string of the molecule is CCC(=O)N[C@H](Cc1ccc(NC(=O)[C@@H](NC(=O)c2ccnn2C)C2CCCCC2)cc1)C(=O)N1CCCN2CCCC2C1. The van der Waals surface area contributed by atoms with Gasteiger partial charge in [0.05, 0.1) is 0 Å². The van der Waals surface area contributed by atoms with Crippen LogP contribution in [0.2, 0.25) is 0 Å². The van der Waals surface area contributed by atoms with Crippen molar-refractivity contribution in [1.29, 1.82) is 0 Å². The van der Waals surface area contributed by atoms with Crippen molar-refractivity contribution in [3.63, 3.8) is 0 Å². The molecule has 1 aromatic carbocycles. The van der Waals surface area contributed by atoms with E-state index < -0.39 is 12.1 Å². The van der Waals surface area contributed by atoms with Gasteiger partial charge in [0.25, 0.3) is 5.91 Å². The average Bonchev–Trinajstić information content (AvgIpc) is 3.62. The Kier molecular flexibility index (Phi) is 10.7. The molecule has 3 atom stereocenters. The Morgan fingerprint density at radius 1 is 0.909 bits per heavy atom. The van der Waals surface area contributed by atoms with Crippen LogP contribution in [0.5, 0.6) is 0 Å². The first-order valence-corrected chi connectivity index (χ1v) is 16.3. The third-order valence-corrected chi connectivity index (χ3v) is 9.47. The van der Waals surface area contributed by atoms with Crippen LogP contribution in [-0.4, -0.2) is 87.5 Å². The number of carbonyl (C=O) groups is 4. The minimum atomic E-state index is -0.659.